The Labute approximate surface area is 184 Å². The highest BCUT2D eigenvalue weighted by molar-refractivity contribution is 7.89. The van der Waals surface area contributed by atoms with E-state index in [1.807, 2.05) is 31.2 Å². The number of hydrogen-bond donors (Lipinski definition) is 1. The molecule has 1 aliphatic heterocycles. The van der Waals surface area contributed by atoms with Crippen molar-refractivity contribution < 1.29 is 13.2 Å². The van der Waals surface area contributed by atoms with E-state index in [2.05, 4.69) is 15.2 Å². The number of anilines is 2. The van der Waals surface area contributed by atoms with Crippen LogP contribution in [0.2, 0.25) is 0 Å². The molecule has 31 heavy (non-hydrogen) atoms. The van der Waals surface area contributed by atoms with Crippen molar-refractivity contribution in [1.29, 1.82) is 0 Å². The van der Waals surface area contributed by atoms with E-state index >= 15 is 0 Å². The van der Waals surface area contributed by atoms with Crippen molar-refractivity contribution in [3.63, 3.8) is 0 Å². The lowest BCUT2D eigenvalue weighted by Crippen LogP contribution is -2.48. The van der Waals surface area contributed by atoms with Crippen LogP contribution in [0, 0.1) is 12.8 Å². The van der Waals surface area contributed by atoms with E-state index in [0.29, 0.717) is 36.8 Å². The SMILES string of the molecule is Cc1ccc(S(=O)(=O)N2CCN(c3ccc(NC(=O)C4CCCCC4)cn3)CC2)cc1. The number of carbonyl (C=O) groups excluding carboxylic acids is 1. The number of piperazine rings is 1. The number of pyridine rings is 1. The van der Waals surface area contributed by atoms with Gasteiger partial charge in [-0.15, -0.1) is 0 Å². The summed E-state index contributed by atoms with van der Waals surface area (Å²) >= 11 is 0. The zero-order valence-corrected chi connectivity index (χ0v) is 18.8. The second-order valence-corrected chi connectivity index (χ2v) is 10.4. The molecular weight excluding hydrogens is 412 g/mol. The Morgan fingerprint density at radius 2 is 1.65 bits per heavy atom. The maximum Gasteiger partial charge on any atom is 0.243 e. The van der Waals surface area contributed by atoms with Crippen molar-refractivity contribution in [1.82, 2.24) is 9.29 Å². The smallest absolute Gasteiger partial charge is 0.243 e. The van der Waals surface area contributed by atoms with E-state index < -0.39 is 10.0 Å². The third-order valence-electron chi connectivity index (χ3n) is 6.21. The summed E-state index contributed by atoms with van der Waals surface area (Å²) in [7, 11) is -3.48. The van der Waals surface area contributed by atoms with Crippen LogP contribution in [0.15, 0.2) is 47.5 Å². The molecule has 2 aromatic rings. The van der Waals surface area contributed by atoms with Crippen molar-refractivity contribution >= 4 is 27.4 Å². The Balaban J connectivity index is 1.33. The largest absolute Gasteiger partial charge is 0.354 e. The zero-order chi connectivity index (χ0) is 21.8. The van der Waals surface area contributed by atoms with E-state index in [4.69, 9.17) is 0 Å². The lowest BCUT2D eigenvalue weighted by molar-refractivity contribution is -0.120. The number of sulfonamides is 1. The molecule has 7 nitrogen and oxygen atoms in total. The van der Waals surface area contributed by atoms with Crippen molar-refractivity contribution in [2.75, 3.05) is 36.4 Å². The lowest BCUT2D eigenvalue weighted by Gasteiger charge is -2.34. The number of nitrogens with one attached hydrogen (secondary N) is 1. The summed E-state index contributed by atoms with van der Waals surface area (Å²) < 4.78 is 27.3. The lowest BCUT2D eigenvalue weighted by atomic mass is 9.88. The second-order valence-electron chi connectivity index (χ2n) is 8.43. The maximum absolute atomic E-state index is 12.9. The first-order valence-corrected chi connectivity index (χ1v) is 12.5. The van der Waals surface area contributed by atoms with Crippen LogP contribution in [0.5, 0.6) is 0 Å². The summed E-state index contributed by atoms with van der Waals surface area (Å²) in [6, 6.07) is 10.7. The van der Waals surface area contributed by atoms with Crippen molar-refractivity contribution in [2.24, 2.45) is 5.92 Å². The summed E-state index contributed by atoms with van der Waals surface area (Å²) in [6.45, 7) is 3.92. The van der Waals surface area contributed by atoms with Gasteiger partial charge in [0, 0.05) is 32.1 Å². The van der Waals surface area contributed by atoms with E-state index in [9.17, 15) is 13.2 Å². The summed E-state index contributed by atoms with van der Waals surface area (Å²) in [5.74, 6) is 0.990. The predicted octanol–water partition coefficient (Wildman–Crippen LogP) is 3.42. The third-order valence-corrected chi connectivity index (χ3v) is 8.13. The van der Waals surface area contributed by atoms with Crippen LogP contribution in [0.4, 0.5) is 11.5 Å². The van der Waals surface area contributed by atoms with Gasteiger partial charge in [-0.05, 0) is 44.0 Å². The molecule has 2 aliphatic rings. The van der Waals surface area contributed by atoms with Crippen LogP contribution in [0.1, 0.15) is 37.7 Å². The number of nitrogens with zero attached hydrogens (tertiary/aromatic N) is 3. The van der Waals surface area contributed by atoms with Crippen LogP contribution in [-0.2, 0) is 14.8 Å². The van der Waals surface area contributed by atoms with Gasteiger partial charge >= 0.3 is 0 Å². The molecular formula is C23H30N4O3S. The van der Waals surface area contributed by atoms with Gasteiger partial charge < -0.3 is 10.2 Å². The Kier molecular flexibility index (Phi) is 6.57. The van der Waals surface area contributed by atoms with Crippen molar-refractivity contribution in [3.05, 3.63) is 48.2 Å². The van der Waals surface area contributed by atoms with Crippen LogP contribution in [0.3, 0.4) is 0 Å². The van der Waals surface area contributed by atoms with Gasteiger partial charge in [-0.25, -0.2) is 13.4 Å². The van der Waals surface area contributed by atoms with Crippen molar-refractivity contribution in [3.8, 4) is 0 Å². The number of carbonyl (C=O) groups is 1. The van der Waals surface area contributed by atoms with Gasteiger partial charge in [0.05, 0.1) is 16.8 Å². The van der Waals surface area contributed by atoms with E-state index in [1.54, 1.807) is 18.3 Å². The van der Waals surface area contributed by atoms with Crippen molar-refractivity contribution in [2.45, 2.75) is 43.9 Å². The van der Waals surface area contributed by atoms with Gasteiger partial charge in [-0.2, -0.15) is 4.31 Å². The molecule has 2 fully saturated rings. The molecule has 4 rings (SSSR count). The molecule has 1 aliphatic carbocycles. The minimum atomic E-state index is -3.48. The molecule has 1 saturated carbocycles. The van der Waals surface area contributed by atoms with Gasteiger partial charge in [0.1, 0.15) is 5.82 Å². The molecule has 1 saturated heterocycles. The molecule has 0 atom stereocenters. The first-order valence-electron chi connectivity index (χ1n) is 11.0. The maximum atomic E-state index is 12.9. The third kappa shape index (κ3) is 5.07. The quantitative estimate of drug-likeness (QED) is 0.767. The Bertz CT molecular complexity index is 992. The highest BCUT2D eigenvalue weighted by Gasteiger charge is 2.29. The van der Waals surface area contributed by atoms with E-state index in [1.165, 1.54) is 10.7 Å². The molecule has 0 unspecified atom stereocenters. The van der Waals surface area contributed by atoms with Crippen LogP contribution in [-0.4, -0.2) is 49.8 Å². The van der Waals surface area contributed by atoms with E-state index in [0.717, 1.165) is 37.1 Å². The fourth-order valence-corrected chi connectivity index (χ4v) is 5.70. The zero-order valence-electron chi connectivity index (χ0n) is 18.0. The number of benzene rings is 1. The van der Waals surface area contributed by atoms with Gasteiger partial charge in [-0.1, -0.05) is 37.0 Å². The number of hydrogen-bond acceptors (Lipinski definition) is 5. The van der Waals surface area contributed by atoms with Gasteiger partial charge in [0.15, 0.2) is 0 Å². The van der Waals surface area contributed by atoms with Gasteiger partial charge in [0.25, 0.3) is 0 Å². The molecule has 1 amide bonds. The van der Waals surface area contributed by atoms with Crippen LogP contribution < -0.4 is 10.2 Å². The molecule has 1 aromatic heterocycles. The molecule has 0 radical (unpaired) electrons. The summed E-state index contributed by atoms with van der Waals surface area (Å²) in [5.41, 5.74) is 1.74. The standard InChI is InChI=1S/C23H30N4O3S/c1-18-7-10-21(11-8-18)31(29,30)27-15-13-26(14-16-27)22-12-9-20(17-24-22)25-23(28)19-5-3-2-4-6-19/h7-12,17,19H,2-6,13-16H2,1H3,(H,25,28). The highest BCUT2D eigenvalue weighted by Crippen LogP contribution is 2.25. The topological polar surface area (TPSA) is 82.6 Å². The van der Waals surface area contributed by atoms with Gasteiger partial charge in [-0.3, -0.25) is 4.79 Å². The highest BCUT2D eigenvalue weighted by atomic mass is 32.2. The summed E-state index contributed by atoms with van der Waals surface area (Å²) in [6.07, 6.45) is 7.09. The Morgan fingerprint density at radius 3 is 2.26 bits per heavy atom. The van der Waals surface area contributed by atoms with Crippen LogP contribution in [0.25, 0.3) is 0 Å². The minimum Gasteiger partial charge on any atom is -0.354 e. The molecule has 2 heterocycles. The first kappa shape index (κ1) is 21.8. The Morgan fingerprint density at radius 1 is 0.968 bits per heavy atom. The number of amides is 1. The molecule has 1 N–H and O–H groups in total. The van der Waals surface area contributed by atoms with Gasteiger partial charge in [0.2, 0.25) is 15.9 Å². The van der Waals surface area contributed by atoms with Crippen LogP contribution >= 0.6 is 0 Å². The fraction of sp³-hybridized carbons (Fsp3) is 0.478. The molecule has 8 heteroatoms. The Hall–Kier alpha value is -2.45. The molecule has 0 bridgehead atoms. The minimum absolute atomic E-state index is 0.0872. The summed E-state index contributed by atoms with van der Waals surface area (Å²) in [5, 5.41) is 2.98. The molecule has 0 spiro atoms. The van der Waals surface area contributed by atoms with E-state index in [-0.39, 0.29) is 11.8 Å². The average Bonchev–Trinajstić information content (AvgIpc) is 2.80. The molecule has 166 valence electrons. The normalized spacial score (nSPS) is 18.7. The predicted molar refractivity (Wildman–Crippen MR) is 122 cm³/mol. The summed E-state index contributed by atoms with van der Waals surface area (Å²) in [4.78, 5) is 19.3. The monoisotopic (exact) mass is 442 g/mol. The average molecular weight is 443 g/mol. The second kappa shape index (κ2) is 9.36. The molecule has 1 aromatic carbocycles. The fourth-order valence-electron chi connectivity index (χ4n) is 4.27. The number of rotatable bonds is 5. The number of aryl methyl sites for hydroxylation is 1. The first-order chi connectivity index (χ1) is 14.9. The number of aromatic nitrogens is 1.